The predicted molar refractivity (Wildman–Crippen MR) is 104 cm³/mol. The first-order valence-electron chi connectivity index (χ1n) is 9.00. The molecule has 0 unspecified atom stereocenters. The highest BCUT2D eigenvalue weighted by Crippen LogP contribution is 2.25. The summed E-state index contributed by atoms with van der Waals surface area (Å²) in [6, 6.07) is 12.2. The smallest absolute Gasteiger partial charge is 0.233 e. The number of nitrogens with zero attached hydrogens (tertiary/aromatic N) is 3. The van der Waals surface area contributed by atoms with Gasteiger partial charge in [0.25, 0.3) is 0 Å². The van der Waals surface area contributed by atoms with Gasteiger partial charge in [-0.15, -0.1) is 10.2 Å². The molecule has 2 aromatic rings. The van der Waals surface area contributed by atoms with Gasteiger partial charge in [0.15, 0.2) is 0 Å². The summed E-state index contributed by atoms with van der Waals surface area (Å²) in [5.41, 5.74) is 1.79. The van der Waals surface area contributed by atoms with Crippen LogP contribution in [0.4, 0.5) is 0 Å². The fraction of sp³-hybridized carbons (Fsp3) is 0.450. The third kappa shape index (κ3) is 4.36. The maximum atomic E-state index is 12.6. The minimum atomic E-state index is 0.190. The summed E-state index contributed by atoms with van der Waals surface area (Å²) in [6.07, 6.45) is 3.39. The average molecular weight is 372 g/mol. The Balaban J connectivity index is 1.59. The Kier molecular flexibility index (Phi) is 6.14. The van der Waals surface area contributed by atoms with E-state index in [1.807, 2.05) is 41.3 Å². The molecule has 2 heterocycles. The van der Waals surface area contributed by atoms with Crippen molar-refractivity contribution in [2.24, 2.45) is 0 Å². The van der Waals surface area contributed by atoms with Gasteiger partial charge >= 0.3 is 0 Å². The number of hydrogen-bond acceptors (Lipinski definition) is 5. The fourth-order valence-corrected chi connectivity index (χ4v) is 4.12. The van der Waals surface area contributed by atoms with Gasteiger partial charge in [0.05, 0.1) is 18.6 Å². The number of aromatic nitrogens is 2. The Morgan fingerprint density at radius 3 is 2.38 bits per heavy atom. The molecule has 2 atom stereocenters. The zero-order valence-electron chi connectivity index (χ0n) is 15.5. The van der Waals surface area contributed by atoms with Gasteiger partial charge in [-0.1, -0.05) is 11.8 Å². The molecule has 1 aliphatic heterocycles. The van der Waals surface area contributed by atoms with Crippen LogP contribution in [0.1, 0.15) is 33.1 Å². The molecule has 1 aliphatic rings. The van der Waals surface area contributed by atoms with Crippen molar-refractivity contribution in [2.45, 2.75) is 50.2 Å². The highest BCUT2D eigenvalue weighted by Gasteiger charge is 2.28. The van der Waals surface area contributed by atoms with Crippen molar-refractivity contribution in [3.8, 4) is 17.0 Å². The summed E-state index contributed by atoms with van der Waals surface area (Å²) in [5, 5.41) is 9.32. The van der Waals surface area contributed by atoms with Crippen LogP contribution < -0.4 is 4.74 Å². The van der Waals surface area contributed by atoms with E-state index < -0.39 is 0 Å². The number of carbonyl (C=O) groups is 1. The molecule has 138 valence electrons. The highest BCUT2D eigenvalue weighted by atomic mass is 32.2. The third-order valence-electron chi connectivity index (χ3n) is 4.85. The lowest BCUT2D eigenvalue weighted by molar-refractivity contribution is -0.134. The zero-order chi connectivity index (χ0) is 18.5. The van der Waals surface area contributed by atoms with E-state index in [4.69, 9.17) is 4.74 Å². The number of likely N-dealkylation sites (tertiary alicyclic amines) is 1. The molecule has 0 N–H and O–H groups in total. The molecule has 1 saturated heterocycles. The maximum absolute atomic E-state index is 12.6. The second-order valence-corrected chi connectivity index (χ2v) is 7.70. The molecule has 5 nitrogen and oxygen atoms in total. The summed E-state index contributed by atoms with van der Waals surface area (Å²) in [5.74, 6) is 1.41. The van der Waals surface area contributed by atoms with Gasteiger partial charge in [0.2, 0.25) is 5.91 Å². The van der Waals surface area contributed by atoms with E-state index in [2.05, 4.69) is 24.0 Å². The average Bonchev–Trinajstić information content (AvgIpc) is 2.67. The molecule has 1 amide bonds. The molecular formula is C20H25N3O2S. The molecule has 0 spiro atoms. The second-order valence-electron chi connectivity index (χ2n) is 6.70. The van der Waals surface area contributed by atoms with E-state index >= 15 is 0 Å². The van der Waals surface area contributed by atoms with Crippen LogP contribution in [0.15, 0.2) is 41.4 Å². The molecule has 1 fully saturated rings. The topological polar surface area (TPSA) is 55.3 Å². The van der Waals surface area contributed by atoms with Crippen molar-refractivity contribution in [1.82, 2.24) is 15.1 Å². The van der Waals surface area contributed by atoms with Gasteiger partial charge in [0, 0.05) is 17.6 Å². The van der Waals surface area contributed by atoms with Crippen molar-refractivity contribution in [1.29, 1.82) is 0 Å². The quantitative estimate of drug-likeness (QED) is 0.743. The first-order chi connectivity index (χ1) is 12.6. The van der Waals surface area contributed by atoms with Gasteiger partial charge in [-0.05, 0) is 69.5 Å². The third-order valence-corrected chi connectivity index (χ3v) is 5.76. The SMILES string of the molecule is COc1ccc(-c2ccc(SCC(=O)N3[C@H](C)CCC[C@H]3C)nn2)cc1. The Bertz CT molecular complexity index is 724. The number of hydrogen-bond donors (Lipinski definition) is 0. The molecule has 0 saturated carbocycles. The van der Waals surface area contributed by atoms with Gasteiger partial charge in [-0.2, -0.15) is 0 Å². The van der Waals surface area contributed by atoms with Crippen LogP contribution in [0.25, 0.3) is 11.3 Å². The fourth-order valence-electron chi connectivity index (χ4n) is 3.44. The van der Waals surface area contributed by atoms with E-state index in [0.717, 1.165) is 34.9 Å². The number of carbonyl (C=O) groups excluding carboxylic acids is 1. The van der Waals surface area contributed by atoms with Crippen LogP contribution in [0, 0.1) is 0 Å². The minimum Gasteiger partial charge on any atom is -0.497 e. The summed E-state index contributed by atoms with van der Waals surface area (Å²) < 4.78 is 5.17. The Hall–Kier alpha value is -2.08. The number of ether oxygens (including phenoxy) is 1. The minimum absolute atomic E-state index is 0.190. The van der Waals surface area contributed by atoms with E-state index in [9.17, 15) is 4.79 Å². The maximum Gasteiger partial charge on any atom is 0.233 e. The number of benzene rings is 1. The van der Waals surface area contributed by atoms with Crippen molar-refractivity contribution in [2.75, 3.05) is 12.9 Å². The number of methoxy groups -OCH3 is 1. The standard InChI is InChI=1S/C20H25N3O2S/c1-14-5-4-6-15(2)23(14)20(24)13-26-19-12-11-18(21-22-19)16-7-9-17(25-3)10-8-16/h7-12,14-15H,4-6,13H2,1-3H3/t14-,15-/m1/s1. The molecule has 0 radical (unpaired) electrons. The summed E-state index contributed by atoms with van der Waals surface area (Å²) in [7, 11) is 1.65. The molecule has 26 heavy (non-hydrogen) atoms. The van der Waals surface area contributed by atoms with Crippen molar-refractivity contribution < 1.29 is 9.53 Å². The molecule has 1 aromatic heterocycles. The van der Waals surface area contributed by atoms with Gasteiger partial charge in [-0.25, -0.2) is 0 Å². The summed E-state index contributed by atoms with van der Waals surface area (Å²) in [4.78, 5) is 14.6. The van der Waals surface area contributed by atoms with Crippen molar-refractivity contribution in [3.05, 3.63) is 36.4 Å². The Labute approximate surface area is 159 Å². The normalized spacial score (nSPS) is 20.0. The predicted octanol–water partition coefficient (Wildman–Crippen LogP) is 4.03. The lowest BCUT2D eigenvalue weighted by Gasteiger charge is -2.39. The summed E-state index contributed by atoms with van der Waals surface area (Å²) in [6.45, 7) is 4.28. The van der Waals surface area contributed by atoms with E-state index in [1.165, 1.54) is 18.2 Å². The lowest BCUT2D eigenvalue weighted by atomic mass is 9.98. The molecule has 0 bridgehead atoms. The van der Waals surface area contributed by atoms with Gasteiger partial charge < -0.3 is 9.64 Å². The zero-order valence-corrected chi connectivity index (χ0v) is 16.3. The molecule has 0 aliphatic carbocycles. The molecule has 1 aromatic carbocycles. The Morgan fingerprint density at radius 2 is 1.81 bits per heavy atom. The first-order valence-corrected chi connectivity index (χ1v) is 9.99. The Morgan fingerprint density at radius 1 is 1.12 bits per heavy atom. The van der Waals surface area contributed by atoms with Crippen LogP contribution in [-0.4, -0.2) is 46.0 Å². The molecular weight excluding hydrogens is 346 g/mol. The molecule has 3 rings (SSSR count). The molecule has 6 heteroatoms. The van der Waals surface area contributed by atoms with Crippen LogP contribution in [0.2, 0.25) is 0 Å². The van der Waals surface area contributed by atoms with Crippen LogP contribution in [-0.2, 0) is 4.79 Å². The largest absolute Gasteiger partial charge is 0.497 e. The second kappa shape index (κ2) is 8.54. The van der Waals surface area contributed by atoms with Gasteiger partial charge in [-0.3, -0.25) is 4.79 Å². The highest BCUT2D eigenvalue weighted by molar-refractivity contribution is 7.99. The number of thioether (sulfide) groups is 1. The van der Waals surface area contributed by atoms with Crippen LogP contribution in [0.3, 0.4) is 0 Å². The van der Waals surface area contributed by atoms with Crippen LogP contribution in [0.5, 0.6) is 5.75 Å². The lowest BCUT2D eigenvalue weighted by Crippen LogP contribution is -2.48. The van der Waals surface area contributed by atoms with Gasteiger partial charge in [0.1, 0.15) is 10.8 Å². The number of amides is 1. The van der Waals surface area contributed by atoms with Crippen molar-refractivity contribution >= 4 is 17.7 Å². The number of piperidine rings is 1. The summed E-state index contributed by atoms with van der Waals surface area (Å²) >= 11 is 1.45. The first kappa shape index (κ1) is 18.7. The monoisotopic (exact) mass is 371 g/mol. The van der Waals surface area contributed by atoms with E-state index in [0.29, 0.717) is 17.8 Å². The van der Waals surface area contributed by atoms with E-state index in [-0.39, 0.29) is 5.91 Å². The number of rotatable bonds is 5. The van der Waals surface area contributed by atoms with Crippen molar-refractivity contribution in [3.63, 3.8) is 0 Å². The van der Waals surface area contributed by atoms with Crippen LogP contribution >= 0.6 is 11.8 Å². The van der Waals surface area contributed by atoms with E-state index in [1.54, 1.807) is 7.11 Å².